The van der Waals surface area contributed by atoms with Crippen LogP contribution in [-0.2, 0) is 13.0 Å². The highest BCUT2D eigenvalue weighted by Crippen LogP contribution is 2.31. The van der Waals surface area contributed by atoms with E-state index >= 15 is 0 Å². The van der Waals surface area contributed by atoms with Gasteiger partial charge in [0.25, 0.3) is 5.56 Å². The van der Waals surface area contributed by atoms with Crippen molar-refractivity contribution in [2.24, 2.45) is 5.73 Å². The lowest BCUT2D eigenvalue weighted by molar-refractivity contribution is 0.348. The van der Waals surface area contributed by atoms with Crippen molar-refractivity contribution < 1.29 is 0 Å². The van der Waals surface area contributed by atoms with Crippen molar-refractivity contribution in [2.45, 2.75) is 58.0 Å². The third kappa shape index (κ3) is 3.25. The molecule has 2 aromatic rings. The summed E-state index contributed by atoms with van der Waals surface area (Å²) in [5.74, 6) is 0. The highest BCUT2D eigenvalue weighted by Gasteiger charge is 2.20. The van der Waals surface area contributed by atoms with E-state index in [-0.39, 0.29) is 5.56 Å². The summed E-state index contributed by atoms with van der Waals surface area (Å²) >= 11 is 0. The Morgan fingerprint density at radius 1 is 1.04 bits per heavy atom. The minimum Gasteiger partial charge on any atom is -0.326 e. The molecule has 122 valence electrons. The maximum atomic E-state index is 12.9. The molecule has 0 atom stereocenters. The van der Waals surface area contributed by atoms with E-state index in [1.165, 1.54) is 24.8 Å². The second-order valence-corrected chi connectivity index (χ2v) is 6.47. The first-order valence-electron chi connectivity index (χ1n) is 8.78. The molecule has 1 aromatic carbocycles. The lowest BCUT2D eigenvalue weighted by Gasteiger charge is -2.27. The predicted molar refractivity (Wildman–Crippen MR) is 95.5 cm³/mol. The van der Waals surface area contributed by atoms with Gasteiger partial charge in [-0.15, -0.1) is 0 Å². The molecule has 0 aliphatic heterocycles. The van der Waals surface area contributed by atoms with Crippen LogP contribution in [0.5, 0.6) is 0 Å². The largest absolute Gasteiger partial charge is 0.326 e. The fraction of sp³-hybridized carbons (Fsp3) is 0.450. The minimum absolute atomic E-state index is 0.0940. The Balaban J connectivity index is 2.10. The first-order valence-corrected chi connectivity index (χ1v) is 8.78. The smallest absolute Gasteiger partial charge is 0.255 e. The number of hydrogen-bond acceptors (Lipinski definition) is 2. The van der Waals surface area contributed by atoms with Gasteiger partial charge in [-0.25, -0.2) is 0 Å². The molecule has 0 saturated heterocycles. The summed E-state index contributed by atoms with van der Waals surface area (Å²) < 4.78 is 2.02. The second-order valence-electron chi connectivity index (χ2n) is 6.47. The van der Waals surface area contributed by atoms with Crippen LogP contribution in [0.3, 0.4) is 0 Å². The average molecular weight is 310 g/mol. The number of nitrogens with two attached hydrogens (primary N) is 1. The van der Waals surface area contributed by atoms with Crippen molar-refractivity contribution in [2.75, 3.05) is 0 Å². The molecule has 0 amide bonds. The van der Waals surface area contributed by atoms with Crippen LogP contribution >= 0.6 is 0 Å². The highest BCUT2D eigenvalue weighted by molar-refractivity contribution is 5.60. The van der Waals surface area contributed by atoms with Gasteiger partial charge >= 0.3 is 0 Å². The summed E-state index contributed by atoms with van der Waals surface area (Å²) in [5.41, 5.74) is 10.0. The zero-order chi connectivity index (χ0) is 16.2. The van der Waals surface area contributed by atoms with Crippen LogP contribution in [0, 0.1) is 0 Å². The van der Waals surface area contributed by atoms with Gasteiger partial charge in [-0.3, -0.25) is 4.79 Å². The zero-order valence-corrected chi connectivity index (χ0v) is 13.9. The van der Waals surface area contributed by atoms with Crippen LogP contribution in [0.1, 0.15) is 56.2 Å². The van der Waals surface area contributed by atoms with Crippen LogP contribution < -0.4 is 11.3 Å². The molecule has 1 aromatic heterocycles. The molecular formula is C20H26N2O. The van der Waals surface area contributed by atoms with E-state index in [0.717, 1.165) is 30.5 Å². The predicted octanol–water partition coefficient (Wildman–Crippen LogP) is 4.04. The SMILES string of the molecule is CCc1ccc(-c2ccc(CN)c(=O)n2C2CCCCC2)cc1. The molecule has 2 N–H and O–H groups in total. The summed E-state index contributed by atoms with van der Waals surface area (Å²) in [5, 5.41) is 0. The second kappa shape index (κ2) is 7.14. The molecule has 0 bridgehead atoms. The minimum atomic E-state index is 0.0940. The lowest BCUT2D eigenvalue weighted by atomic mass is 9.94. The van der Waals surface area contributed by atoms with Crippen LogP contribution in [-0.4, -0.2) is 4.57 Å². The van der Waals surface area contributed by atoms with E-state index in [4.69, 9.17) is 5.73 Å². The van der Waals surface area contributed by atoms with Crippen LogP contribution in [0.25, 0.3) is 11.3 Å². The van der Waals surface area contributed by atoms with Crippen molar-refractivity contribution in [3.05, 3.63) is 57.9 Å². The lowest BCUT2D eigenvalue weighted by Crippen LogP contribution is -2.31. The van der Waals surface area contributed by atoms with Crippen molar-refractivity contribution in [3.8, 4) is 11.3 Å². The molecule has 1 saturated carbocycles. The van der Waals surface area contributed by atoms with Gasteiger partial charge in [-0.1, -0.05) is 56.5 Å². The van der Waals surface area contributed by atoms with E-state index in [0.29, 0.717) is 18.2 Å². The van der Waals surface area contributed by atoms with Gasteiger partial charge in [0.15, 0.2) is 0 Å². The Bertz CT molecular complexity index is 709. The number of benzene rings is 1. The molecule has 0 unspecified atom stereocenters. The first kappa shape index (κ1) is 16.0. The van der Waals surface area contributed by atoms with E-state index in [2.05, 4.69) is 37.3 Å². The van der Waals surface area contributed by atoms with Gasteiger partial charge in [0.05, 0.1) is 5.69 Å². The Morgan fingerprint density at radius 3 is 2.35 bits per heavy atom. The van der Waals surface area contributed by atoms with Crippen molar-refractivity contribution in [1.82, 2.24) is 4.57 Å². The van der Waals surface area contributed by atoms with Gasteiger partial charge in [0, 0.05) is 18.2 Å². The molecular weight excluding hydrogens is 284 g/mol. The average Bonchev–Trinajstić information content (AvgIpc) is 2.62. The summed E-state index contributed by atoms with van der Waals surface area (Å²) in [6.45, 7) is 2.46. The maximum absolute atomic E-state index is 12.9. The number of aryl methyl sites for hydroxylation is 1. The van der Waals surface area contributed by atoms with Crippen molar-refractivity contribution in [1.29, 1.82) is 0 Å². The number of hydrogen-bond donors (Lipinski definition) is 1. The monoisotopic (exact) mass is 310 g/mol. The van der Waals surface area contributed by atoms with Gasteiger partial charge in [0.1, 0.15) is 0 Å². The topological polar surface area (TPSA) is 48.0 Å². The Kier molecular flexibility index (Phi) is 4.97. The first-order chi connectivity index (χ1) is 11.2. The fourth-order valence-electron chi connectivity index (χ4n) is 3.60. The van der Waals surface area contributed by atoms with Gasteiger partial charge in [-0.2, -0.15) is 0 Å². The number of aromatic nitrogens is 1. The molecule has 1 aliphatic carbocycles. The van der Waals surface area contributed by atoms with Gasteiger partial charge in [0.2, 0.25) is 0 Å². The fourth-order valence-corrected chi connectivity index (χ4v) is 3.60. The van der Waals surface area contributed by atoms with E-state index in [9.17, 15) is 4.79 Å². The van der Waals surface area contributed by atoms with E-state index in [1.807, 2.05) is 10.6 Å². The molecule has 3 nitrogen and oxygen atoms in total. The van der Waals surface area contributed by atoms with Gasteiger partial charge in [-0.05, 0) is 36.5 Å². The quantitative estimate of drug-likeness (QED) is 0.926. The molecule has 3 heteroatoms. The third-order valence-corrected chi connectivity index (χ3v) is 5.01. The van der Waals surface area contributed by atoms with Crippen molar-refractivity contribution >= 4 is 0 Å². The number of nitrogens with zero attached hydrogens (tertiary/aromatic N) is 1. The van der Waals surface area contributed by atoms with Crippen molar-refractivity contribution in [3.63, 3.8) is 0 Å². The van der Waals surface area contributed by atoms with Crippen LogP contribution in [0.4, 0.5) is 0 Å². The summed E-state index contributed by atoms with van der Waals surface area (Å²) in [6.07, 6.45) is 6.91. The highest BCUT2D eigenvalue weighted by atomic mass is 16.1. The molecule has 0 spiro atoms. The Morgan fingerprint density at radius 2 is 1.74 bits per heavy atom. The normalized spacial score (nSPS) is 15.7. The number of pyridine rings is 1. The summed E-state index contributed by atoms with van der Waals surface area (Å²) in [6, 6.07) is 12.8. The molecule has 23 heavy (non-hydrogen) atoms. The summed E-state index contributed by atoms with van der Waals surface area (Å²) in [7, 11) is 0. The van der Waals surface area contributed by atoms with E-state index < -0.39 is 0 Å². The molecule has 1 aliphatic rings. The molecule has 3 rings (SSSR count). The zero-order valence-electron chi connectivity index (χ0n) is 13.9. The standard InChI is InChI=1S/C20H26N2O/c1-2-15-8-10-16(11-9-15)19-13-12-17(14-21)20(23)22(19)18-6-4-3-5-7-18/h8-13,18H,2-7,14,21H2,1H3. The molecule has 0 radical (unpaired) electrons. The van der Waals surface area contributed by atoms with E-state index in [1.54, 1.807) is 0 Å². The Labute approximate surface area is 138 Å². The summed E-state index contributed by atoms with van der Waals surface area (Å²) in [4.78, 5) is 12.9. The molecule has 1 heterocycles. The van der Waals surface area contributed by atoms with Crippen LogP contribution in [0.2, 0.25) is 0 Å². The number of rotatable bonds is 4. The maximum Gasteiger partial charge on any atom is 0.255 e. The van der Waals surface area contributed by atoms with Gasteiger partial charge < -0.3 is 10.3 Å². The Hall–Kier alpha value is -1.87. The molecule has 1 fully saturated rings. The third-order valence-electron chi connectivity index (χ3n) is 5.01. The van der Waals surface area contributed by atoms with Crippen LogP contribution in [0.15, 0.2) is 41.2 Å².